The summed E-state index contributed by atoms with van der Waals surface area (Å²) in [5, 5.41) is 14.9. The van der Waals surface area contributed by atoms with E-state index in [4.69, 9.17) is 15.9 Å². The third-order valence-corrected chi connectivity index (χ3v) is 3.76. The van der Waals surface area contributed by atoms with E-state index in [1.165, 1.54) is 19.5 Å². The third-order valence-electron chi connectivity index (χ3n) is 3.76. The molecule has 0 spiro atoms. The highest BCUT2D eigenvalue weighted by Gasteiger charge is 2.29. The highest BCUT2D eigenvalue weighted by molar-refractivity contribution is 6.02. The smallest absolute Gasteiger partial charge is 0.328 e. The number of methoxy groups -OCH3 is 1. The molecule has 0 fully saturated rings. The molecule has 9 nitrogen and oxygen atoms in total. The Balaban J connectivity index is 2.28. The van der Waals surface area contributed by atoms with Crippen LogP contribution in [0.4, 0.5) is 17.2 Å². The Morgan fingerprint density at radius 3 is 2.75 bits per heavy atom. The monoisotopic (exact) mass is 378 g/mol. The number of anilines is 2. The number of hydrogen-bond acceptors (Lipinski definition) is 8. The van der Waals surface area contributed by atoms with E-state index >= 15 is 0 Å². The number of carbonyl (C=O) groups excluding carboxylic acids is 1. The molecule has 140 valence electrons. The van der Waals surface area contributed by atoms with E-state index in [-0.39, 0.29) is 28.2 Å². The summed E-state index contributed by atoms with van der Waals surface area (Å²) >= 11 is 0. The van der Waals surface area contributed by atoms with Gasteiger partial charge >= 0.3 is 11.7 Å². The third kappa shape index (κ3) is 3.52. The van der Waals surface area contributed by atoms with Crippen LogP contribution in [0.25, 0.3) is 10.9 Å². The summed E-state index contributed by atoms with van der Waals surface area (Å²) < 4.78 is 10.2. The number of esters is 1. The van der Waals surface area contributed by atoms with Crippen LogP contribution in [0.5, 0.6) is 11.5 Å². The molecular weight excluding hydrogens is 364 g/mol. The van der Waals surface area contributed by atoms with Gasteiger partial charge in [-0.25, -0.2) is 9.97 Å². The van der Waals surface area contributed by atoms with Gasteiger partial charge in [0.2, 0.25) is 0 Å². The van der Waals surface area contributed by atoms with Gasteiger partial charge < -0.3 is 14.8 Å². The summed E-state index contributed by atoms with van der Waals surface area (Å²) in [7, 11) is 1.31. The molecule has 1 heterocycles. The molecule has 0 saturated carbocycles. The second kappa shape index (κ2) is 7.59. The van der Waals surface area contributed by atoms with Gasteiger partial charge in [-0.15, -0.1) is 6.42 Å². The lowest BCUT2D eigenvalue weighted by Crippen LogP contribution is -2.07. The largest absolute Gasteiger partial charge is 0.492 e. The second-order valence-electron chi connectivity index (χ2n) is 5.57. The molecule has 9 heteroatoms. The quantitative estimate of drug-likeness (QED) is 0.236. The van der Waals surface area contributed by atoms with Crippen molar-refractivity contribution >= 4 is 34.1 Å². The Kier molecular flexibility index (Phi) is 5.04. The second-order valence-corrected chi connectivity index (χ2v) is 5.57. The maximum atomic E-state index is 11.8. The van der Waals surface area contributed by atoms with E-state index in [1.807, 2.05) is 0 Å². The van der Waals surface area contributed by atoms with Crippen molar-refractivity contribution in [2.45, 2.75) is 6.92 Å². The summed E-state index contributed by atoms with van der Waals surface area (Å²) in [6.07, 6.45) is 6.66. The average Bonchev–Trinajstić information content (AvgIpc) is 2.67. The van der Waals surface area contributed by atoms with Crippen molar-refractivity contribution in [3.63, 3.8) is 0 Å². The van der Waals surface area contributed by atoms with Crippen LogP contribution in [0.2, 0.25) is 0 Å². The van der Waals surface area contributed by atoms with Gasteiger partial charge in [-0.1, -0.05) is 12.0 Å². The Labute approximate surface area is 159 Å². The van der Waals surface area contributed by atoms with E-state index in [1.54, 1.807) is 24.3 Å². The molecule has 0 saturated heterocycles. The molecule has 0 atom stereocenters. The van der Waals surface area contributed by atoms with Crippen molar-refractivity contribution in [2.24, 2.45) is 0 Å². The van der Waals surface area contributed by atoms with E-state index in [9.17, 15) is 14.9 Å². The lowest BCUT2D eigenvalue weighted by atomic mass is 10.1. The average molecular weight is 378 g/mol. The Morgan fingerprint density at radius 2 is 2.11 bits per heavy atom. The Bertz CT molecular complexity index is 1140. The maximum Gasteiger partial charge on any atom is 0.328 e. The van der Waals surface area contributed by atoms with Crippen molar-refractivity contribution in [2.75, 3.05) is 12.4 Å². The zero-order valence-corrected chi connectivity index (χ0v) is 14.9. The minimum atomic E-state index is -0.728. The molecule has 1 N–H and O–H groups in total. The first-order valence-electron chi connectivity index (χ1n) is 7.96. The lowest BCUT2D eigenvalue weighted by Gasteiger charge is -2.13. The standard InChI is InChI=1S/C19H14N4O5/c1-4-12-6-5-7-13(8-12)22-19-16-14(20-10-21-19)9-15(27-3)18(28-11(2)24)17(16)23(25)26/h1,5-10H,2-3H3,(H,20,21,22). The number of terminal acetylenes is 1. The van der Waals surface area contributed by atoms with E-state index in [0.29, 0.717) is 11.3 Å². The number of carbonyl (C=O) groups is 1. The molecular formula is C19H14N4O5. The molecule has 3 aromatic rings. The van der Waals surface area contributed by atoms with Crippen LogP contribution >= 0.6 is 0 Å². The number of hydrogen-bond donors (Lipinski definition) is 1. The molecule has 0 bridgehead atoms. The molecule has 0 radical (unpaired) electrons. The van der Waals surface area contributed by atoms with Gasteiger partial charge in [-0.05, 0) is 18.2 Å². The van der Waals surface area contributed by atoms with Crippen molar-refractivity contribution in [3.8, 4) is 23.8 Å². The van der Waals surface area contributed by atoms with Crippen LogP contribution in [0.1, 0.15) is 12.5 Å². The number of fused-ring (bicyclic) bond motifs is 1. The first-order chi connectivity index (χ1) is 13.4. The fourth-order valence-electron chi connectivity index (χ4n) is 2.65. The summed E-state index contributed by atoms with van der Waals surface area (Å²) in [6, 6.07) is 8.34. The summed E-state index contributed by atoms with van der Waals surface area (Å²) in [5.41, 5.74) is 0.959. The summed E-state index contributed by atoms with van der Waals surface area (Å²) in [4.78, 5) is 30.8. The SMILES string of the molecule is C#Cc1cccc(Nc2ncnc3cc(OC)c(OC(C)=O)c([N+](=O)[O-])c23)c1. The van der Waals surface area contributed by atoms with Gasteiger partial charge in [0, 0.05) is 24.2 Å². The topological polar surface area (TPSA) is 116 Å². The van der Waals surface area contributed by atoms with Crippen molar-refractivity contribution in [1.29, 1.82) is 0 Å². The number of rotatable bonds is 5. The number of ether oxygens (including phenoxy) is 2. The van der Waals surface area contributed by atoms with Gasteiger partial charge in [0.1, 0.15) is 17.5 Å². The molecule has 1 aromatic heterocycles. The molecule has 28 heavy (non-hydrogen) atoms. The minimum absolute atomic E-state index is 0.00776. The zero-order chi connectivity index (χ0) is 20.3. The fourth-order valence-corrected chi connectivity index (χ4v) is 2.65. The number of nitrogens with zero attached hydrogens (tertiary/aromatic N) is 3. The Morgan fingerprint density at radius 1 is 1.32 bits per heavy atom. The maximum absolute atomic E-state index is 11.8. The molecule has 2 aromatic carbocycles. The molecule has 0 aliphatic rings. The van der Waals surface area contributed by atoms with Gasteiger partial charge in [-0.3, -0.25) is 14.9 Å². The highest BCUT2D eigenvalue weighted by atomic mass is 16.6. The van der Waals surface area contributed by atoms with E-state index < -0.39 is 16.6 Å². The number of nitro benzene ring substituents is 1. The van der Waals surface area contributed by atoms with Crippen LogP contribution in [0.3, 0.4) is 0 Å². The minimum Gasteiger partial charge on any atom is -0.492 e. The van der Waals surface area contributed by atoms with E-state index in [0.717, 1.165) is 6.92 Å². The van der Waals surface area contributed by atoms with Gasteiger partial charge in [0.15, 0.2) is 5.75 Å². The molecule has 0 aliphatic heterocycles. The van der Waals surface area contributed by atoms with Crippen LogP contribution in [-0.2, 0) is 4.79 Å². The van der Waals surface area contributed by atoms with Crippen molar-refractivity contribution in [3.05, 3.63) is 52.3 Å². The predicted molar refractivity (Wildman–Crippen MR) is 102 cm³/mol. The van der Waals surface area contributed by atoms with Gasteiger partial charge in [0.05, 0.1) is 17.5 Å². The molecule has 0 unspecified atom stereocenters. The van der Waals surface area contributed by atoms with Crippen LogP contribution < -0.4 is 14.8 Å². The predicted octanol–water partition coefficient (Wildman–Crippen LogP) is 3.20. The number of aromatic nitrogens is 2. The highest BCUT2D eigenvalue weighted by Crippen LogP contribution is 2.45. The molecule has 0 aliphatic carbocycles. The lowest BCUT2D eigenvalue weighted by molar-refractivity contribution is -0.383. The van der Waals surface area contributed by atoms with Crippen LogP contribution in [-0.4, -0.2) is 28.0 Å². The summed E-state index contributed by atoms with van der Waals surface area (Å²) in [6.45, 7) is 1.14. The Hall–Kier alpha value is -4.19. The normalized spacial score (nSPS) is 10.2. The van der Waals surface area contributed by atoms with Gasteiger partial charge in [-0.2, -0.15) is 0 Å². The first kappa shape index (κ1) is 18.6. The molecule has 0 amide bonds. The van der Waals surface area contributed by atoms with E-state index in [2.05, 4.69) is 21.2 Å². The summed E-state index contributed by atoms with van der Waals surface area (Å²) in [5.74, 6) is 1.63. The van der Waals surface area contributed by atoms with Crippen LogP contribution in [0, 0.1) is 22.5 Å². The van der Waals surface area contributed by atoms with Crippen LogP contribution in [0.15, 0.2) is 36.7 Å². The number of nitrogens with one attached hydrogen (secondary N) is 1. The van der Waals surface area contributed by atoms with Gasteiger partial charge in [0.25, 0.3) is 5.75 Å². The number of benzene rings is 2. The zero-order valence-electron chi connectivity index (χ0n) is 14.9. The molecule has 3 rings (SSSR count). The van der Waals surface area contributed by atoms with Crippen molar-refractivity contribution in [1.82, 2.24) is 9.97 Å². The van der Waals surface area contributed by atoms with Crippen molar-refractivity contribution < 1.29 is 19.2 Å². The fraction of sp³-hybridized carbons (Fsp3) is 0.105. The first-order valence-corrected chi connectivity index (χ1v) is 7.96. The number of nitro groups is 1.